The van der Waals surface area contributed by atoms with Crippen molar-refractivity contribution < 1.29 is 9.59 Å². The molecule has 0 aliphatic carbocycles. The summed E-state index contributed by atoms with van der Waals surface area (Å²) in [5.74, 6) is -0.0477. The van der Waals surface area contributed by atoms with Gasteiger partial charge >= 0.3 is 0 Å². The molecule has 3 atom stereocenters. The molecule has 2 rings (SSSR count). The van der Waals surface area contributed by atoms with Crippen molar-refractivity contribution in [3.05, 3.63) is 0 Å². The van der Waals surface area contributed by atoms with E-state index >= 15 is 0 Å². The van der Waals surface area contributed by atoms with Gasteiger partial charge < -0.3 is 20.9 Å². The first kappa shape index (κ1) is 12.3. The molecule has 6 nitrogen and oxygen atoms in total. The van der Waals surface area contributed by atoms with E-state index in [1.54, 1.807) is 11.8 Å². The Morgan fingerprint density at radius 1 is 1.29 bits per heavy atom. The Kier molecular flexibility index (Phi) is 3.63. The molecule has 2 amide bonds. The first-order chi connectivity index (χ1) is 8.09. The Morgan fingerprint density at radius 2 is 2.06 bits per heavy atom. The zero-order valence-corrected chi connectivity index (χ0v) is 10.3. The molecule has 0 aromatic heterocycles. The van der Waals surface area contributed by atoms with E-state index < -0.39 is 0 Å². The summed E-state index contributed by atoms with van der Waals surface area (Å²) < 4.78 is 0. The molecule has 2 heterocycles. The zero-order valence-electron chi connectivity index (χ0n) is 10.3. The van der Waals surface area contributed by atoms with Crippen LogP contribution in [0.1, 0.15) is 13.8 Å². The fourth-order valence-electron chi connectivity index (χ4n) is 2.24. The third kappa shape index (κ3) is 2.58. The average molecular weight is 240 g/mol. The fraction of sp³-hybridized carbons (Fsp3) is 0.818. The monoisotopic (exact) mass is 240 g/mol. The lowest BCUT2D eigenvalue weighted by atomic mass is 10.1. The molecule has 0 spiro atoms. The maximum Gasteiger partial charge on any atom is 0.242 e. The highest BCUT2D eigenvalue weighted by atomic mass is 16.2. The second kappa shape index (κ2) is 5.01. The molecule has 2 aliphatic rings. The Bertz CT molecular complexity index is 313. The van der Waals surface area contributed by atoms with Crippen LogP contribution in [0.4, 0.5) is 0 Å². The molecular formula is C11H20N4O2. The van der Waals surface area contributed by atoms with Crippen LogP contribution in [0.3, 0.4) is 0 Å². The van der Waals surface area contributed by atoms with Crippen molar-refractivity contribution in [1.29, 1.82) is 0 Å². The predicted molar refractivity (Wildman–Crippen MR) is 63.4 cm³/mol. The number of rotatable bonds is 1. The Labute approximate surface area is 101 Å². The molecule has 0 radical (unpaired) electrons. The first-order valence-corrected chi connectivity index (χ1v) is 6.14. The number of hydrogen-bond donors (Lipinski definition) is 3. The summed E-state index contributed by atoms with van der Waals surface area (Å²) in [4.78, 5) is 25.4. The van der Waals surface area contributed by atoms with E-state index in [0.717, 1.165) is 6.54 Å². The topological polar surface area (TPSA) is 73.5 Å². The van der Waals surface area contributed by atoms with Gasteiger partial charge in [-0.05, 0) is 13.8 Å². The van der Waals surface area contributed by atoms with Crippen molar-refractivity contribution in [2.75, 3.05) is 26.2 Å². The molecule has 0 bridgehead atoms. The van der Waals surface area contributed by atoms with Gasteiger partial charge in [0.05, 0.1) is 6.04 Å². The van der Waals surface area contributed by atoms with Gasteiger partial charge in [0.15, 0.2) is 0 Å². The molecule has 3 N–H and O–H groups in total. The van der Waals surface area contributed by atoms with Gasteiger partial charge in [-0.1, -0.05) is 0 Å². The molecule has 2 saturated heterocycles. The Hall–Kier alpha value is -1.14. The quantitative estimate of drug-likeness (QED) is 0.510. The second-order valence-electron chi connectivity index (χ2n) is 4.77. The van der Waals surface area contributed by atoms with Crippen molar-refractivity contribution in [2.45, 2.75) is 32.0 Å². The van der Waals surface area contributed by atoms with Crippen LogP contribution in [0, 0.1) is 0 Å². The molecule has 17 heavy (non-hydrogen) atoms. The largest absolute Gasteiger partial charge is 0.353 e. The number of hydrogen-bond acceptors (Lipinski definition) is 4. The summed E-state index contributed by atoms with van der Waals surface area (Å²) in [6.07, 6.45) is 0. The van der Waals surface area contributed by atoms with Crippen LogP contribution >= 0.6 is 0 Å². The molecule has 0 aromatic rings. The zero-order chi connectivity index (χ0) is 12.4. The summed E-state index contributed by atoms with van der Waals surface area (Å²) in [5, 5.41) is 9.24. The molecule has 0 aromatic carbocycles. The smallest absolute Gasteiger partial charge is 0.242 e. The number of nitrogens with zero attached hydrogens (tertiary/aromatic N) is 1. The summed E-state index contributed by atoms with van der Waals surface area (Å²) in [7, 11) is 0. The van der Waals surface area contributed by atoms with Gasteiger partial charge in [0.2, 0.25) is 11.8 Å². The minimum atomic E-state index is -0.364. The van der Waals surface area contributed by atoms with E-state index in [2.05, 4.69) is 22.9 Å². The van der Waals surface area contributed by atoms with Crippen LogP contribution in [0.5, 0.6) is 0 Å². The highest BCUT2D eigenvalue weighted by Crippen LogP contribution is 2.07. The summed E-state index contributed by atoms with van der Waals surface area (Å²) in [5.41, 5.74) is 0. The van der Waals surface area contributed by atoms with Crippen molar-refractivity contribution in [2.24, 2.45) is 0 Å². The van der Waals surface area contributed by atoms with Crippen LogP contribution in [-0.4, -0.2) is 61.0 Å². The van der Waals surface area contributed by atoms with Crippen LogP contribution in [0.25, 0.3) is 0 Å². The minimum Gasteiger partial charge on any atom is -0.353 e. The molecule has 2 fully saturated rings. The molecule has 96 valence electrons. The molecular weight excluding hydrogens is 220 g/mol. The van der Waals surface area contributed by atoms with Gasteiger partial charge in [-0.15, -0.1) is 0 Å². The predicted octanol–water partition coefficient (Wildman–Crippen LogP) is -1.72. The fourth-order valence-corrected chi connectivity index (χ4v) is 2.24. The van der Waals surface area contributed by atoms with Gasteiger partial charge in [-0.2, -0.15) is 0 Å². The summed E-state index contributed by atoms with van der Waals surface area (Å²) in [6, 6.07) is -0.182. The Balaban J connectivity index is 1.97. The van der Waals surface area contributed by atoms with E-state index in [0.29, 0.717) is 25.7 Å². The number of carbonyl (C=O) groups excluding carboxylic acids is 2. The van der Waals surface area contributed by atoms with Crippen LogP contribution in [-0.2, 0) is 9.59 Å². The van der Waals surface area contributed by atoms with Gasteiger partial charge in [0.1, 0.15) is 6.04 Å². The second-order valence-corrected chi connectivity index (χ2v) is 4.77. The van der Waals surface area contributed by atoms with E-state index in [9.17, 15) is 9.59 Å². The molecule has 6 heteroatoms. The van der Waals surface area contributed by atoms with E-state index in [-0.39, 0.29) is 23.9 Å². The highest BCUT2D eigenvalue weighted by Gasteiger charge is 2.34. The lowest BCUT2D eigenvalue weighted by Crippen LogP contribution is -2.64. The third-order valence-corrected chi connectivity index (χ3v) is 3.42. The maximum atomic E-state index is 12.3. The number of carbonyl (C=O) groups is 2. The summed E-state index contributed by atoms with van der Waals surface area (Å²) in [6.45, 7) is 6.40. The number of piperazine rings is 2. The van der Waals surface area contributed by atoms with Crippen LogP contribution < -0.4 is 16.0 Å². The van der Waals surface area contributed by atoms with Crippen LogP contribution in [0.2, 0.25) is 0 Å². The third-order valence-electron chi connectivity index (χ3n) is 3.42. The van der Waals surface area contributed by atoms with Crippen molar-refractivity contribution in [3.8, 4) is 0 Å². The van der Waals surface area contributed by atoms with Crippen LogP contribution in [0.15, 0.2) is 0 Å². The number of amides is 2. The van der Waals surface area contributed by atoms with Crippen molar-refractivity contribution in [3.63, 3.8) is 0 Å². The average Bonchev–Trinajstić information content (AvgIpc) is 2.33. The molecule has 3 unspecified atom stereocenters. The van der Waals surface area contributed by atoms with Gasteiger partial charge in [-0.25, -0.2) is 0 Å². The number of nitrogens with one attached hydrogen (secondary N) is 3. The lowest BCUT2D eigenvalue weighted by molar-refractivity contribution is -0.144. The maximum absolute atomic E-state index is 12.3. The van der Waals surface area contributed by atoms with Crippen molar-refractivity contribution in [1.82, 2.24) is 20.9 Å². The minimum absolute atomic E-state index is 0.0201. The lowest BCUT2D eigenvalue weighted by Gasteiger charge is -2.37. The van der Waals surface area contributed by atoms with E-state index in [1.807, 2.05) is 0 Å². The van der Waals surface area contributed by atoms with Gasteiger partial charge in [-0.3, -0.25) is 9.59 Å². The highest BCUT2D eigenvalue weighted by molar-refractivity contribution is 5.90. The molecule has 0 saturated carbocycles. The van der Waals surface area contributed by atoms with Gasteiger partial charge in [0, 0.05) is 32.2 Å². The van der Waals surface area contributed by atoms with Crippen molar-refractivity contribution >= 4 is 11.8 Å². The van der Waals surface area contributed by atoms with Gasteiger partial charge in [0.25, 0.3) is 0 Å². The summed E-state index contributed by atoms with van der Waals surface area (Å²) >= 11 is 0. The first-order valence-electron chi connectivity index (χ1n) is 6.14. The van der Waals surface area contributed by atoms with E-state index in [1.165, 1.54) is 0 Å². The standard InChI is InChI=1S/C11H20N4O2/c1-7-5-14-9(6-13-7)11(17)15-4-3-12-10(16)8(15)2/h7-9,13-14H,3-6H2,1-2H3,(H,12,16). The SMILES string of the molecule is CC1CNC(C(=O)N2CCNC(=O)C2C)CN1. The Morgan fingerprint density at radius 3 is 2.71 bits per heavy atom. The normalized spacial score (nSPS) is 34.4. The van der Waals surface area contributed by atoms with E-state index in [4.69, 9.17) is 0 Å². The molecule has 2 aliphatic heterocycles.